The van der Waals surface area contributed by atoms with Crippen LogP contribution >= 0.6 is 0 Å². The standard InChI is InChI=1S/C68H114O6/c1-4-7-10-13-16-18-20-22-24-26-28-30-32-33-34-35-37-38-40-42-44-46-48-50-52-55-58-61-67(70)73-64-65(63-72-66(69)60-57-54-15-12-9-6-3)74-68(71)62-59-56-53-51-49-47-45-43-41-39-36-31-29-27-25-23-21-19-17-14-11-8-5-2/h8,11,17,19-20,22-23,25-26,28-29,31,39,41,45,47,51,53,65H,4-7,9-10,12-16,18,21,24,27,30,32-38,40,42-44,46,48-50,52,54-64H2,1-3H3/b11-8-,19-17-,22-20-,25-23-,28-26-,31-29-,41-39-,47-45-,53-51-. The molecule has 0 amide bonds. The first-order valence-corrected chi connectivity index (χ1v) is 30.9. The minimum absolute atomic E-state index is 0.101. The zero-order chi connectivity index (χ0) is 53.6. The van der Waals surface area contributed by atoms with Crippen molar-refractivity contribution in [3.8, 4) is 0 Å². The van der Waals surface area contributed by atoms with Crippen molar-refractivity contribution in [2.75, 3.05) is 13.2 Å². The van der Waals surface area contributed by atoms with Crippen LogP contribution in [-0.2, 0) is 28.6 Å². The number of esters is 3. The summed E-state index contributed by atoms with van der Waals surface area (Å²) in [6.07, 6.45) is 84.2. The molecule has 1 atom stereocenters. The SMILES string of the molecule is CC/C=C\C/C=C\C/C=C\C/C=C\C/C=C\C/C=C\C/C=C\CCCC(=O)OC(COC(=O)CCCCCCCC)COC(=O)CCCCCCCCCCCCCCCCC/C=C\C/C=C\CCCCCCC. The summed E-state index contributed by atoms with van der Waals surface area (Å²) in [5.41, 5.74) is 0. The van der Waals surface area contributed by atoms with E-state index in [0.29, 0.717) is 19.3 Å². The Morgan fingerprint density at radius 1 is 0.284 bits per heavy atom. The molecule has 0 aromatic heterocycles. The van der Waals surface area contributed by atoms with Crippen molar-refractivity contribution >= 4 is 17.9 Å². The van der Waals surface area contributed by atoms with E-state index in [1.165, 1.54) is 141 Å². The van der Waals surface area contributed by atoms with Gasteiger partial charge < -0.3 is 14.2 Å². The average Bonchev–Trinajstić information content (AvgIpc) is 3.40. The van der Waals surface area contributed by atoms with Crippen LogP contribution < -0.4 is 0 Å². The van der Waals surface area contributed by atoms with Gasteiger partial charge in [0, 0.05) is 19.3 Å². The molecule has 0 saturated carbocycles. The highest BCUT2D eigenvalue weighted by atomic mass is 16.6. The van der Waals surface area contributed by atoms with Crippen LogP contribution in [0.3, 0.4) is 0 Å². The van der Waals surface area contributed by atoms with Crippen molar-refractivity contribution in [2.24, 2.45) is 0 Å². The molecule has 0 aliphatic carbocycles. The fourth-order valence-corrected chi connectivity index (χ4v) is 8.40. The third-order valence-electron chi connectivity index (χ3n) is 13.0. The van der Waals surface area contributed by atoms with Gasteiger partial charge in [-0.25, -0.2) is 0 Å². The molecule has 0 fully saturated rings. The van der Waals surface area contributed by atoms with Crippen molar-refractivity contribution in [3.05, 3.63) is 109 Å². The van der Waals surface area contributed by atoms with E-state index in [4.69, 9.17) is 14.2 Å². The topological polar surface area (TPSA) is 78.9 Å². The van der Waals surface area contributed by atoms with E-state index in [0.717, 1.165) is 96.3 Å². The Bertz CT molecular complexity index is 1510. The first-order valence-electron chi connectivity index (χ1n) is 30.9. The maximum atomic E-state index is 12.8. The summed E-state index contributed by atoms with van der Waals surface area (Å²) in [5, 5.41) is 0. The highest BCUT2D eigenvalue weighted by Gasteiger charge is 2.19. The number of rotatable bonds is 55. The van der Waals surface area contributed by atoms with Crippen molar-refractivity contribution in [1.82, 2.24) is 0 Å². The van der Waals surface area contributed by atoms with Crippen LogP contribution in [0.15, 0.2) is 109 Å². The lowest BCUT2D eigenvalue weighted by Crippen LogP contribution is -2.30. The Hall–Kier alpha value is -3.93. The second-order valence-corrected chi connectivity index (χ2v) is 20.2. The number of carbonyl (C=O) groups is 3. The van der Waals surface area contributed by atoms with Gasteiger partial charge in [0.1, 0.15) is 13.2 Å². The summed E-state index contributed by atoms with van der Waals surface area (Å²) >= 11 is 0. The lowest BCUT2D eigenvalue weighted by atomic mass is 10.0. The molecule has 0 heterocycles. The molecule has 1 unspecified atom stereocenters. The van der Waals surface area contributed by atoms with Gasteiger partial charge >= 0.3 is 17.9 Å². The summed E-state index contributed by atoms with van der Waals surface area (Å²) < 4.78 is 16.7. The third kappa shape index (κ3) is 59.0. The lowest BCUT2D eigenvalue weighted by Gasteiger charge is -2.18. The Kier molecular flexibility index (Phi) is 58.3. The highest BCUT2D eigenvalue weighted by Crippen LogP contribution is 2.16. The van der Waals surface area contributed by atoms with Gasteiger partial charge in [0.05, 0.1) is 0 Å². The van der Waals surface area contributed by atoms with E-state index in [9.17, 15) is 14.4 Å². The predicted molar refractivity (Wildman–Crippen MR) is 320 cm³/mol. The number of unbranched alkanes of at least 4 members (excludes halogenated alkanes) is 26. The average molecular weight is 1030 g/mol. The van der Waals surface area contributed by atoms with Crippen LogP contribution in [0.25, 0.3) is 0 Å². The first-order chi connectivity index (χ1) is 36.5. The summed E-state index contributed by atoms with van der Waals surface area (Å²) in [6.45, 7) is 6.42. The normalized spacial score (nSPS) is 12.9. The van der Waals surface area contributed by atoms with Gasteiger partial charge in [0.2, 0.25) is 0 Å². The molecular weight excluding hydrogens is 913 g/mol. The molecular formula is C68H114O6. The molecule has 0 aliphatic heterocycles. The largest absolute Gasteiger partial charge is 0.462 e. The van der Waals surface area contributed by atoms with Crippen LogP contribution in [-0.4, -0.2) is 37.2 Å². The van der Waals surface area contributed by atoms with Gasteiger partial charge in [-0.2, -0.15) is 0 Å². The van der Waals surface area contributed by atoms with E-state index >= 15 is 0 Å². The molecule has 0 aromatic rings. The molecule has 0 radical (unpaired) electrons. The molecule has 422 valence electrons. The van der Waals surface area contributed by atoms with Crippen molar-refractivity contribution in [2.45, 2.75) is 290 Å². The minimum Gasteiger partial charge on any atom is -0.462 e. The highest BCUT2D eigenvalue weighted by molar-refractivity contribution is 5.71. The minimum atomic E-state index is -0.807. The Labute approximate surface area is 457 Å². The van der Waals surface area contributed by atoms with Crippen molar-refractivity contribution < 1.29 is 28.6 Å². The molecule has 74 heavy (non-hydrogen) atoms. The summed E-state index contributed by atoms with van der Waals surface area (Å²) in [5.74, 6) is -0.968. The predicted octanol–water partition coefficient (Wildman–Crippen LogP) is 21.0. The zero-order valence-electron chi connectivity index (χ0n) is 48.3. The fraction of sp³-hybridized carbons (Fsp3) is 0.691. The molecule has 0 aromatic carbocycles. The smallest absolute Gasteiger partial charge is 0.306 e. The number of carbonyl (C=O) groups excluding carboxylic acids is 3. The molecule has 6 heteroatoms. The van der Waals surface area contributed by atoms with Gasteiger partial charge in [-0.15, -0.1) is 0 Å². The zero-order valence-corrected chi connectivity index (χ0v) is 48.3. The fourth-order valence-electron chi connectivity index (χ4n) is 8.40. The number of ether oxygens (including phenoxy) is 3. The second-order valence-electron chi connectivity index (χ2n) is 20.2. The van der Waals surface area contributed by atoms with Crippen LogP contribution in [0.2, 0.25) is 0 Å². The number of hydrogen-bond acceptors (Lipinski definition) is 6. The molecule has 0 spiro atoms. The maximum Gasteiger partial charge on any atom is 0.306 e. The maximum absolute atomic E-state index is 12.8. The first kappa shape index (κ1) is 70.1. The van der Waals surface area contributed by atoms with Crippen LogP contribution in [0.4, 0.5) is 0 Å². The van der Waals surface area contributed by atoms with E-state index in [-0.39, 0.29) is 37.5 Å². The number of hydrogen-bond donors (Lipinski definition) is 0. The summed E-state index contributed by atoms with van der Waals surface area (Å²) in [6, 6.07) is 0. The lowest BCUT2D eigenvalue weighted by molar-refractivity contribution is -0.167. The summed E-state index contributed by atoms with van der Waals surface area (Å²) in [7, 11) is 0. The van der Waals surface area contributed by atoms with Gasteiger partial charge in [-0.05, 0) is 103 Å². The number of allylic oxidation sites excluding steroid dienone is 18. The van der Waals surface area contributed by atoms with Gasteiger partial charge in [0.25, 0.3) is 0 Å². The molecule has 0 saturated heterocycles. The van der Waals surface area contributed by atoms with Crippen molar-refractivity contribution in [3.63, 3.8) is 0 Å². The molecule has 0 rings (SSSR count). The molecule has 0 bridgehead atoms. The summed E-state index contributed by atoms with van der Waals surface area (Å²) in [4.78, 5) is 37.9. The Morgan fingerprint density at radius 2 is 0.541 bits per heavy atom. The van der Waals surface area contributed by atoms with Crippen LogP contribution in [0.1, 0.15) is 284 Å². The molecule has 6 nitrogen and oxygen atoms in total. The van der Waals surface area contributed by atoms with E-state index < -0.39 is 6.10 Å². The van der Waals surface area contributed by atoms with Crippen LogP contribution in [0, 0.1) is 0 Å². The second kappa shape index (κ2) is 61.6. The monoisotopic (exact) mass is 1030 g/mol. The molecule has 0 aliphatic rings. The van der Waals surface area contributed by atoms with E-state index in [2.05, 4.69) is 130 Å². The Morgan fingerprint density at radius 3 is 0.865 bits per heavy atom. The van der Waals surface area contributed by atoms with E-state index in [1.807, 2.05) is 0 Å². The van der Waals surface area contributed by atoms with Crippen LogP contribution in [0.5, 0.6) is 0 Å². The van der Waals surface area contributed by atoms with Gasteiger partial charge in [-0.3, -0.25) is 14.4 Å². The van der Waals surface area contributed by atoms with Crippen molar-refractivity contribution in [1.29, 1.82) is 0 Å². The van der Waals surface area contributed by atoms with Gasteiger partial charge in [-0.1, -0.05) is 271 Å². The van der Waals surface area contributed by atoms with E-state index in [1.54, 1.807) is 0 Å². The van der Waals surface area contributed by atoms with Gasteiger partial charge in [0.15, 0.2) is 6.10 Å². The Balaban J connectivity index is 4.19. The molecule has 0 N–H and O–H groups in total. The quantitative estimate of drug-likeness (QED) is 0.0261. The third-order valence-corrected chi connectivity index (χ3v) is 13.0.